The van der Waals surface area contributed by atoms with Gasteiger partial charge in [0.25, 0.3) is 0 Å². The summed E-state index contributed by atoms with van der Waals surface area (Å²) in [5.74, 6) is -2.67. The van der Waals surface area contributed by atoms with Crippen molar-refractivity contribution in [1.29, 1.82) is 0 Å². The predicted molar refractivity (Wildman–Crippen MR) is 77.6 cm³/mol. The maximum Gasteiger partial charge on any atom is 0.414 e. The van der Waals surface area contributed by atoms with Gasteiger partial charge in [0.05, 0.1) is 7.11 Å². The second-order valence-corrected chi connectivity index (χ2v) is 4.84. The molecular weight excluding hydrogens is 274 g/mol. The molecule has 0 radical (unpaired) electrons. The fourth-order valence-electron chi connectivity index (χ4n) is 2.25. The smallest absolute Gasteiger partial charge is 0.414 e. The highest BCUT2D eigenvalue weighted by Crippen LogP contribution is 2.27. The first-order chi connectivity index (χ1) is 9.95. The third-order valence-electron chi connectivity index (χ3n) is 3.31. The predicted octanol–water partition coefficient (Wildman–Crippen LogP) is 1.97. The number of nitrogens with one attached hydrogen (secondary N) is 1. The summed E-state index contributed by atoms with van der Waals surface area (Å²) in [5, 5.41) is 18.3. The molecule has 1 heterocycles. The van der Waals surface area contributed by atoms with E-state index >= 15 is 0 Å². The Morgan fingerprint density at radius 2 is 1.90 bits per heavy atom. The van der Waals surface area contributed by atoms with Gasteiger partial charge >= 0.3 is 11.9 Å². The molecule has 6 nitrogen and oxygen atoms in total. The summed E-state index contributed by atoms with van der Waals surface area (Å²) >= 11 is 0. The minimum atomic E-state index is -1.82. The van der Waals surface area contributed by atoms with Crippen LogP contribution in [0.5, 0.6) is 5.75 Å². The number of hydrogen-bond acceptors (Lipinski definition) is 4. The van der Waals surface area contributed by atoms with E-state index in [1.54, 1.807) is 7.11 Å². The quantitative estimate of drug-likeness (QED) is 0.722. The molecule has 1 aromatic carbocycles. The second-order valence-electron chi connectivity index (χ2n) is 4.84. The first kappa shape index (κ1) is 17.0. The number of methoxy groups -OCH3 is 1. The number of ether oxygens (including phenoxy) is 1. The van der Waals surface area contributed by atoms with Gasteiger partial charge in [-0.2, -0.15) is 0 Å². The number of aryl methyl sites for hydroxylation is 1. The molecule has 0 saturated carbocycles. The van der Waals surface area contributed by atoms with Gasteiger partial charge in [-0.05, 0) is 43.5 Å². The van der Waals surface area contributed by atoms with Gasteiger partial charge in [-0.1, -0.05) is 18.6 Å². The van der Waals surface area contributed by atoms with Gasteiger partial charge in [0.1, 0.15) is 5.75 Å². The SMILES string of the molecule is COc1ccc(C2CCCCN2)cc1C.O=C(O)C(=O)O. The Morgan fingerprint density at radius 1 is 1.24 bits per heavy atom. The Morgan fingerprint density at radius 3 is 2.33 bits per heavy atom. The van der Waals surface area contributed by atoms with Gasteiger partial charge in [0.15, 0.2) is 0 Å². The van der Waals surface area contributed by atoms with E-state index < -0.39 is 11.9 Å². The van der Waals surface area contributed by atoms with Crippen molar-refractivity contribution in [3.8, 4) is 5.75 Å². The molecule has 0 amide bonds. The van der Waals surface area contributed by atoms with Gasteiger partial charge in [0, 0.05) is 6.04 Å². The normalized spacial score (nSPS) is 17.3. The number of carboxylic acids is 2. The summed E-state index contributed by atoms with van der Waals surface area (Å²) in [6.45, 7) is 3.25. The lowest BCUT2D eigenvalue weighted by molar-refractivity contribution is -0.159. The van der Waals surface area contributed by atoms with Crippen molar-refractivity contribution in [2.45, 2.75) is 32.2 Å². The van der Waals surface area contributed by atoms with Gasteiger partial charge < -0.3 is 20.3 Å². The minimum Gasteiger partial charge on any atom is -0.496 e. The lowest BCUT2D eigenvalue weighted by atomic mass is 9.96. The van der Waals surface area contributed by atoms with E-state index in [0.29, 0.717) is 6.04 Å². The lowest BCUT2D eigenvalue weighted by Crippen LogP contribution is -2.26. The van der Waals surface area contributed by atoms with Crippen molar-refractivity contribution in [3.63, 3.8) is 0 Å². The molecule has 21 heavy (non-hydrogen) atoms. The number of benzene rings is 1. The fourth-order valence-corrected chi connectivity index (χ4v) is 2.25. The molecule has 0 aliphatic carbocycles. The van der Waals surface area contributed by atoms with Crippen molar-refractivity contribution >= 4 is 11.9 Å². The zero-order chi connectivity index (χ0) is 15.8. The molecule has 1 saturated heterocycles. The summed E-state index contributed by atoms with van der Waals surface area (Å²) in [5.41, 5.74) is 2.62. The molecule has 6 heteroatoms. The minimum absolute atomic E-state index is 0.545. The molecule has 1 aromatic rings. The molecule has 1 atom stereocenters. The van der Waals surface area contributed by atoms with Crippen LogP contribution in [-0.2, 0) is 9.59 Å². The Kier molecular flexibility index (Phi) is 6.68. The lowest BCUT2D eigenvalue weighted by Gasteiger charge is -2.24. The van der Waals surface area contributed by atoms with E-state index in [1.807, 2.05) is 0 Å². The van der Waals surface area contributed by atoms with Gasteiger partial charge in [-0.15, -0.1) is 0 Å². The van der Waals surface area contributed by atoms with Crippen LogP contribution >= 0.6 is 0 Å². The molecule has 0 aromatic heterocycles. The average Bonchev–Trinajstić information content (AvgIpc) is 2.48. The number of rotatable bonds is 2. The molecule has 0 bridgehead atoms. The molecule has 1 aliphatic rings. The van der Waals surface area contributed by atoms with Crippen molar-refractivity contribution in [2.75, 3.05) is 13.7 Å². The second kappa shape index (κ2) is 8.26. The maximum absolute atomic E-state index is 9.10. The van der Waals surface area contributed by atoms with Crippen molar-refractivity contribution in [1.82, 2.24) is 5.32 Å². The van der Waals surface area contributed by atoms with Crippen LogP contribution in [0, 0.1) is 6.92 Å². The van der Waals surface area contributed by atoms with E-state index in [0.717, 1.165) is 12.3 Å². The van der Waals surface area contributed by atoms with Crippen LogP contribution in [0.2, 0.25) is 0 Å². The van der Waals surface area contributed by atoms with E-state index in [-0.39, 0.29) is 0 Å². The van der Waals surface area contributed by atoms with E-state index in [4.69, 9.17) is 24.5 Å². The first-order valence-corrected chi connectivity index (χ1v) is 6.80. The summed E-state index contributed by atoms with van der Waals surface area (Å²) in [4.78, 5) is 18.2. The molecule has 1 aliphatic heterocycles. The number of aliphatic carboxylic acids is 2. The third-order valence-corrected chi connectivity index (χ3v) is 3.31. The van der Waals surface area contributed by atoms with E-state index in [1.165, 1.54) is 30.4 Å². The highest BCUT2D eigenvalue weighted by Gasteiger charge is 2.15. The highest BCUT2D eigenvalue weighted by molar-refractivity contribution is 6.27. The van der Waals surface area contributed by atoms with Crippen LogP contribution in [0.25, 0.3) is 0 Å². The average molecular weight is 295 g/mol. The van der Waals surface area contributed by atoms with E-state index in [9.17, 15) is 0 Å². The zero-order valence-electron chi connectivity index (χ0n) is 12.3. The summed E-state index contributed by atoms with van der Waals surface area (Å²) < 4.78 is 5.27. The Hall–Kier alpha value is -2.08. The maximum atomic E-state index is 9.10. The molecule has 1 fully saturated rings. The first-order valence-electron chi connectivity index (χ1n) is 6.80. The molecule has 3 N–H and O–H groups in total. The molecule has 2 rings (SSSR count). The van der Waals surface area contributed by atoms with Crippen LogP contribution in [0.1, 0.15) is 36.4 Å². The summed E-state index contributed by atoms with van der Waals surface area (Å²) in [6.07, 6.45) is 3.90. The van der Waals surface area contributed by atoms with Gasteiger partial charge in [-0.25, -0.2) is 9.59 Å². The van der Waals surface area contributed by atoms with Crippen LogP contribution in [0.4, 0.5) is 0 Å². The third kappa shape index (κ3) is 5.43. The number of hydrogen-bond donors (Lipinski definition) is 3. The van der Waals surface area contributed by atoms with Crippen LogP contribution in [0.3, 0.4) is 0 Å². The molecular formula is C15H21NO5. The molecule has 0 spiro atoms. The zero-order valence-corrected chi connectivity index (χ0v) is 12.3. The topological polar surface area (TPSA) is 95.9 Å². The van der Waals surface area contributed by atoms with Crippen LogP contribution in [0.15, 0.2) is 18.2 Å². The molecule has 116 valence electrons. The largest absolute Gasteiger partial charge is 0.496 e. The number of piperidine rings is 1. The van der Waals surface area contributed by atoms with Gasteiger partial charge in [-0.3, -0.25) is 0 Å². The van der Waals surface area contributed by atoms with Crippen LogP contribution in [-0.4, -0.2) is 35.8 Å². The Labute approximate surface area is 123 Å². The van der Waals surface area contributed by atoms with E-state index in [2.05, 4.69) is 30.4 Å². The van der Waals surface area contributed by atoms with Gasteiger partial charge in [0.2, 0.25) is 0 Å². The number of carbonyl (C=O) groups is 2. The molecule has 1 unspecified atom stereocenters. The van der Waals surface area contributed by atoms with Crippen molar-refractivity contribution in [3.05, 3.63) is 29.3 Å². The summed E-state index contributed by atoms with van der Waals surface area (Å²) in [6, 6.07) is 7.03. The monoisotopic (exact) mass is 295 g/mol. The van der Waals surface area contributed by atoms with Crippen molar-refractivity contribution < 1.29 is 24.5 Å². The Bertz CT molecular complexity index is 483. The fraction of sp³-hybridized carbons (Fsp3) is 0.467. The standard InChI is InChI=1S/C13H19NO.C2H2O4/c1-10-9-11(6-7-13(10)15-2)12-5-3-4-8-14-12;3-1(4)2(5)6/h6-7,9,12,14H,3-5,8H2,1-2H3;(H,3,4)(H,5,6). The summed E-state index contributed by atoms with van der Waals surface area (Å²) in [7, 11) is 1.72. The number of carboxylic acid groups (broad SMARTS) is 2. The van der Waals surface area contributed by atoms with Crippen LogP contribution < -0.4 is 10.1 Å². The van der Waals surface area contributed by atoms with Crippen molar-refractivity contribution in [2.24, 2.45) is 0 Å². The Balaban J connectivity index is 0.000000315. The highest BCUT2D eigenvalue weighted by atomic mass is 16.5.